The van der Waals surface area contributed by atoms with E-state index in [1.165, 1.54) is 12.1 Å². The normalized spacial score (nSPS) is 12.1. The second-order valence-corrected chi connectivity index (χ2v) is 8.12. The van der Waals surface area contributed by atoms with E-state index in [9.17, 15) is 9.18 Å². The minimum atomic E-state index is -2.14. The fraction of sp³-hybridized carbons (Fsp3) is 0.125. The molecule has 1 heterocycles. The first-order valence-electron chi connectivity index (χ1n) is 9.51. The monoisotopic (exact) mass is 457 g/mol. The Hall–Kier alpha value is -3.02. The van der Waals surface area contributed by atoms with E-state index >= 15 is 0 Å². The highest BCUT2D eigenvalue weighted by Gasteiger charge is 2.21. The summed E-state index contributed by atoms with van der Waals surface area (Å²) in [5.74, 6) is -0.635. The van der Waals surface area contributed by atoms with Gasteiger partial charge in [0.15, 0.2) is 0 Å². The number of carboxylic acid groups (broad SMARTS) is 1. The smallest absolute Gasteiger partial charge is 0.343 e. The number of rotatable bonds is 6. The summed E-state index contributed by atoms with van der Waals surface area (Å²) in [6.07, 6.45) is 0.544. The third kappa shape index (κ3) is 4.53. The molecule has 0 radical (unpaired) electrons. The number of ether oxygens (including phenoxy) is 1. The number of aliphatic carboxylic acids is 1. The number of fused-ring (bicyclic) bond motifs is 1. The summed E-state index contributed by atoms with van der Waals surface area (Å²) in [5, 5.41) is 10.7. The molecular formula is C24H18Cl2FNO3. The Morgan fingerprint density at radius 1 is 1.13 bits per heavy atom. The number of nitrogens with one attached hydrogen (secondary N) is 1. The molecule has 4 nitrogen and oxygen atoms in total. The Bertz CT molecular complexity index is 1240. The maximum Gasteiger partial charge on any atom is 0.343 e. The van der Waals surface area contributed by atoms with Crippen LogP contribution >= 0.6 is 23.2 Å². The van der Waals surface area contributed by atoms with Crippen LogP contribution < -0.4 is 4.74 Å². The summed E-state index contributed by atoms with van der Waals surface area (Å²) >= 11 is 12.3. The zero-order chi connectivity index (χ0) is 22.1. The van der Waals surface area contributed by atoms with Gasteiger partial charge < -0.3 is 14.8 Å². The van der Waals surface area contributed by atoms with Gasteiger partial charge in [-0.1, -0.05) is 35.3 Å². The summed E-state index contributed by atoms with van der Waals surface area (Å²) in [4.78, 5) is 14.2. The van der Waals surface area contributed by atoms with E-state index in [0.29, 0.717) is 22.1 Å². The van der Waals surface area contributed by atoms with Crippen molar-refractivity contribution >= 4 is 40.1 Å². The van der Waals surface area contributed by atoms with Crippen LogP contribution in [0.4, 0.5) is 4.39 Å². The van der Waals surface area contributed by atoms with E-state index < -0.39 is 12.1 Å². The second kappa shape index (κ2) is 8.61. The molecule has 31 heavy (non-hydrogen) atoms. The van der Waals surface area contributed by atoms with Crippen LogP contribution in [-0.2, 0) is 11.2 Å². The summed E-state index contributed by atoms with van der Waals surface area (Å²) in [7, 11) is 0. The fourth-order valence-electron chi connectivity index (χ4n) is 3.48. The second-order valence-electron chi connectivity index (χ2n) is 7.28. The quantitative estimate of drug-likeness (QED) is 0.320. The predicted octanol–water partition coefficient (Wildman–Crippen LogP) is 7.26. The average molecular weight is 458 g/mol. The van der Waals surface area contributed by atoms with Crippen LogP contribution in [0.3, 0.4) is 0 Å². The molecule has 1 atom stereocenters. The van der Waals surface area contributed by atoms with Crippen molar-refractivity contribution in [3.8, 4) is 11.5 Å². The van der Waals surface area contributed by atoms with Crippen LogP contribution in [0, 0.1) is 6.92 Å². The summed E-state index contributed by atoms with van der Waals surface area (Å²) < 4.78 is 19.9. The number of aromatic amines is 1. The van der Waals surface area contributed by atoms with Crippen LogP contribution in [0.25, 0.3) is 10.9 Å². The van der Waals surface area contributed by atoms with Gasteiger partial charge in [-0.2, -0.15) is 0 Å². The molecule has 0 aliphatic carbocycles. The standard InChI is InChI=1S/C24H18Cl2FNO3/c1-13-8-15(22(27)24(29)30)10-20(26)23(13)31-18-6-7-21-19(11-18)16(12-28-21)9-14-2-4-17(25)5-3-14/h2-8,10-12,22,28H,9H2,1H3,(H,29,30). The van der Waals surface area contributed by atoms with Gasteiger partial charge in [0, 0.05) is 22.1 Å². The number of benzene rings is 3. The molecule has 4 rings (SSSR count). The van der Waals surface area contributed by atoms with Crippen molar-refractivity contribution in [2.24, 2.45) is 0 Å². The lowest BCUT2D eigenvalue weighted by Gasteiger charge is -2.14. The van der Waals surface area contributed by atoms with Crippen LogP contribution in [0.5, 0.6) is 11.5 Å². The van der Waals surface area contributed by atoms with E-state index in [4.69, 9.17) is 33.0 Å². The van der Waals surface area contributed by atoms with Gasteiger partial charge >= 0.3 is 5.97 Å². The number of hydrogen-bond acceptors (Lipinski definition) is 2. The molecule has 3 aromatic carbocycles. The molecule has 0 aliphatic rings. The number of aryl methyl sites for hydroxylation is 1. The van der Waals surface area contributed by atoms with Crippen molar-refractivity contribution in [2.45, 2.75) is 19.5 Å². The molecule has 0 aliphatic heterocycles. The third-order valence-electron chi connectivity index (χ3n) is 5.03. The first kappa shape index (κ1) is 21.2. The fourth-order valence-corrected chi connectivity index (χ4v) is 3.92. The number of hydrogen-bond donors (Lipinski definition) is 2. The van der Waals surface area contributed by atoms with Crippen molar-refractivity contribution in [3.63, 3.8) is 0 Å². The van der Waals surface area contributed by atoms with Crippen LogP contribution in [0.2, 0.25) is 10.0 Å². The van der Waals surface area contributed by atoms with Gasteiger partial charge in [-0.05, 0) is 78.1 Å². The first-order valence-corrected chi connectivity index (χ1v) is 10.3. The molecule has 2 N–H and O–H groups in total. The minimum Gasteiger partial charge on any atom is -0.479 e. The molecule has 0 bridgehead atoms. The molecule has 0 spiro atoms. The zero-order valence-electron chi connectivity index (χ0n) is 16.5. The first-order chi connectivity index (χ1) is 14.8. The maximum absolute atomic E-state index is 13.9. The van der Waals surface area contributed by atoms with Gasteiger partial charge in [0.1, 0.15) is 11.5 Å². The van der Waals surface area contributed by atoms with Crippen LogP contribution in [0.1, 0.15) is 28.4 Å². The minimum absolute atomic E-state index is 0.0197. The Kier molecular flexibility index (Phi) is 5.90. The summed E-state index contributed by atoms with van der Waals surface area (Å²) in [6, 6.07) is 16.0. The van der Waals surface area contributed by atoms with Gasteiger partial charge in [-0.15, -0.1) is 0 Å². The van der Waals surface area contributed by atoms with E-state index in [1.54, 1.807) is 6.92 Å². The number of halogens is 3. The van der Waals surface area contributed by atoms with Gasteiger partial charge in [0.2, 0.25) is 6.17 Å². The van der Waals surface area contributed by atoms with E-state index in [1.807, 2.05) is 48.7 Å². The van der Waals surface area contributed by atoms with Crippen molar-refractivity contribution in [1.82, 2.24) is 4.98 Å². The molecule has 158 valence electrons. The van der Waals surface area contributed by atoms with E-state index in [-0.39, 0.29) is 10.6 Å². The van der Waals surface area contributed by atoms with Crippen molar-refractivity contribution < 1.29 is 19.0 Å². The van der Waals surface area contributed by atoms with Gasteiger partial charge in [-0.25, -0.2) is 9.18 Å². The van der Waals surface area contributed by atoms with Crippen molar-refractivity contribution in [2.75, 3.05) is 0 Å². The van der Waals surface area contributed by atoms with E-state index in [2.05, 4.69) is 4.98 Å². The molecule has 7 heteroatoms. The number of carboxylic acids is 1. The van der Waals surface area contributed by atoms with Crippen LogP contribution in [0.15, 0.2) is 60.8 Å². The number of carbonyl (C=O) groups is 1. The lowest BCUT2D eigenvalue weighted by Crippen LogP contribution is -2.06. The molecule has 4 aromatic rings. The molecule has 1 unspecified atom stereocenters. The van der Waals surface area contributed by atoms with Gasteiger partial charge in [-0.3, -0.25) is 0 Å². The lowest BCUT2D eigenvalue weighted by molar-refractivity contribution is -0.143. The zero-order valence-corrected chi connectivity index (χ0v) is 18.0. The van der Waals surface area contributed by atoms with Crippen molar-refractivity contribution in [1.29, 1.82) is 0 Å². The molecular weight excluding hydrogens is 440 g/mol. The number of aromatic nitrogens is 1. The average Bonchev–Trinajstić information content (AvgIpc) is 3.13. The largest absolute Gasteiger partial charge is 0.479 e. The van der Waals surface area contributed by atoms with Crippen LogP contribution in [-0.4, -0.2) is 16.1 Å². The highest BCUT2D eigenvalue weighted by atomic mass is 35.5. The maximum atomic E-state index is 13.9. The number of alkyl halides is 1. The van der Waals surface area contributed by atoms with Gasteiger partial charge in [0.25, 0.3) is 0 Å². The Balaban J connectivity index is 1.63. The van der Waals surface area contributed by atoms with Crippen molar-refractivity contribution in [3.05, 3.63) is 93.1 Å². The Morgan fingerprint density at radius 3 is 2.55 bits per heavy atom. The SMILES string of the molecule is Cc1cc(C(F)C(=O)O)cc(Cl)c1Oc1ccc2[nH]cc(Cc3ccc(Cl)cc3)c2c1. The predicted molar refractivity (Wildman–Crippen MR) is 120 cm³/mol. The summed E-state index contributed by atoms with van der Waals surface area (Å²) in [5.41, 5.74) is 3.72. The molecule has 0 saturated carbocycles. The molecule has 0 saturated heterocycles. The van der Waals surface area contributed by atoms with E-state index in [0.717, 1.165) is 28.5 Å². The molecule has 1 aromatic heterocycles. The number of H-pyrrole nitrogens is 1. The highest BCUT2D eigenvalue weighted by molar-refractivity contribution is 6.32. The summed E-state index contributed by atoms with van der Waals surface area (Å²) in [6.45, 7) is 1.69. The Morgan fingerprint density at radius 2 is 1.87 bits per heavy atom. The molecule has 0 amide bonds. The molecule has 0 fully saturated rings. The van der Waals surface area contributed by atoms with Gasteiger partial charge in [0.05, 0.1) is 5.02 Å². The third-order valence-corrected chi connectivity index (χ3v) is 5.56. The lowest BCUT2D eigenvalue weighted by atomic mass is 10.0. The topological polar surface area (TPSA) is 62.3 Å². The highest BCUT2D eigenvalue weighted by Crippen LogP contribution is 2.37. The Labute approximate surface area is 188 Å².